The minimum absolute atomic E-state index is 0.00928. The number of anilines is 1. The van der Waals surface area contributed by atoms with E-state index >= 15 is 0 Å². The van der Waals surface area contributed by atoms with Crippen molar-refractivity contribution in [2.24, 2.45) is 5.92 Å². The molecule has 0 saturated carbocycles. The van der Waals surface area contributed by atoms with Crippen LogP contribution in [0.4, 0.5) is 5.69 Å². The number of nitrogens with one attached hydrogen (secondary N) is 2. The Bertz CT molecular complexity index is 1380. The molecule has 0 spiro atoms. The Balaban J connectivity index is 0.000000782. The van der Waals surface area contributed by atoms with Gasteiger partial charge in [-0.1, -0.05) is 48.5 Å². The highest BCUT2D eigenvalue weighted by Crippen LogP contribution is 2.43. The van der Waals surface area contributed by atoms with Crippen LogP contribution in [0.2, 0.25) is 0 Å². The van der Waals surface area contributed by atoms with Crippen LogP contribution in [-0.2, 0) is 36.6 Å². The monoisotopic (exact) mass is 614 g/mol. The van der Waals surface area contributed by atoms with E-state index in [-0.39, 0.29) is 29.7 Å². The Hall–Kier alpha value is -3.32. The summed E-state index contributed by atoms with van der Waals surface area (Å²) in [5.41, 5.74) is 2.70. The van der Waals surface area contributed by atoms with E-state index in [4.69, 9.17) is 17.5 Å². The van der Waals surface area contributed by atoms with Crippen molar-refractivity contribution in [3.8, 4) is 0 Å². The van der Waals surface area contributed by atoms with Crippen molar-refractivity contribution < 1.29 is 31.9 Å². The molecule has 2 aromatic carbocycles. The van der Waals surface area contributed by atoms with Gasteiger partial charge in [0.25, 0.3) is 0 Å². The Labute approximate surface area is 253 Å². The summed E-state index contributed by atoms with van der Waals surface area (Å²) in [6, 6.07) is 17.7. The molecule has 0 radical (unpaired) electrons. The van der Waals surface area contributed by atoms with Gasteiger partial charge in [-0.15, -0.1) is 0 Å². The molecule has 2 fully saturated rings. The highest BCUT2D eigenvalue weighted by Gasteiger charge is 2.47. The molecule has 43 heavy (non-hydrogen) atoms. The Morgan fingerprint density at radius 2 is 1.65 bits per heavy atom. The van der Waals surface area contributed by atoms with Crippen LogP contribution in [0.3, 0.4) is 0 Å². The minimum Gasteiger partial charge on any atom is -0.344 e. The van der Waals surface area contributed by atoms with E-state index in [1.54, 1.807) is 0 Å². The van der Waals surface area contributed by atoms with Gasteiger partial charge < -0.3 is 20.4 Å². The van der Waals surface area contributed by atoms with E-state index < -0.39 is 21.9 Å². The number of benzene rings is 2. The van der Waals surface area contributed by atoms with Gasteiger partial charge in [-0.3, -0.25) is 23.5 Å². The summed E-state index contributed by atoms with van der Waals surface area (Å²) in [6.45, 7) is 6.76. The average molecular weight is 615 g/mol. The highest BCUT2D eigenvalue weighted by atomic mass is 32.3. The van der Waals surface area contributed by atoms with Crippen molar-refractivity contribution in [3.63, 3.8) is 0 Å². The fourth-order valence-corrected chi connectivity index (χ4v) is 6.24. The van der Waals surface area contributed by atoms with E-state index in [2.05, 4.69) is 22.8 Å². The van der Waals surface area contributed by atoms with Gasteiger partial charge in [0.15, 0.2) is 0 Å². The van der Waals surface area contributed by atoms with E-state index in [1.807, 2.05) is 66.1 Å². The Morgan fingerprint density at radius 3 is 2.28 bits per heavy atom. The number of aryl methyl sites for hydroxylation is 1. The normalized spacial score (nSPS) is 20.9. The van der Waals surface area contributed by atoms with E-state index in [9.17, 15) is 14.4 Å². The van der Waals surface area contributed by atoms with Crippen LogP contribution in [0.1, 0.15) is 57.1 Å². The van der Waals surface area contributed by atoms with Crippen LogP contribution in [0.15, 0.2) is 54.6 Å². The van der Waals surface area contributed by atoms with Crippen molar-refractivity contribution in [3.05, 3.63) is 65.7 Å². The lowest BCUT2D eigenvalue weighted by molar-refractivity contribution is -0.138. The molecule has 2 saturated heterocycles. The van der Waals surface area contributed by atoms with Crippen molar-refractivity contribution in [2.75, 3.05) is 31.1 Å². The molecule has 0 bridgehead atoms. The Kier molecular flexibility index (Phi) is 10.6. The van der Waals surface area contributed by atoms with Crippen LogP contribution < -0.4 is 15.5 Å². The summed E-state index contributed by atoms with van der Waals surface area (Å²) < 4.78 is 31.6. The quantitative estimate of drug-likeness (QED) is 0.347. The van der Waals surface area contributed by atoms with Crippen molar-refractivity contribution in [1.29, 1.82) is 0 Å². The summed E-state index contributed by atoms with van der Waals surface area (Å²) in [4.78, 5) is 44.1. The SMILES string of the molecule is CC1(C)C(=O)N(C2CCN(C(=O)[C@H](CCc3ccccc3)NC(=O)[C@@H]3CCCNC3)CC2)c2ccccc21.O=S(=O)(O)O. The zero-order valence-electron chi connectivity index (χ0n) is 24.7. The molecule has 2 aromatic rings. The summed E-state index contributed by atoms with van der Waals surface area (Å²) in [7, 11) is -4.67. The number of para-hydroxylation sites is 1. The van der Waals surface area contributed by atoms with Crippen LogP contribution in [0, 0.1) is 5.92 Å². The predicted molar refractivity (Wildman–Crippen MR) is 163 cm³/mol. The fraction of sp³-hybridized carbons (Fsp3) is 0.516. The molecule has 2 atom stereocenters. The molecule has 4 N–H and O–H groups in total. The van der Waals surface area contributed by atoms with E-state index in [1.165, 1.54) is 0 Å². The van der Waals surface area contributed by atoms with Gasteiger partial charge in [0.05, 0.1) is 11.3 Å². The van der Waals surface area contributed by atoms with Crippen LogP contribution in [0.25, 0.3) is 0 Å². The number of rotatable bonds is 7. The lowest BCUT2D eigenvalue weighted by atomic mass is 9.86. The van der Waals surface area contributed by atoms with Crippen molar-refractivity contribution >= 4 is 33.8 Å². The average Bonchev–Trinajstić information content (AvgIpc) is 3.19. The number of piperidine rings is 2. The highest BCUT2D eigenvalue weighted by molar-refractivity contribution is 7.79. The molecule has 0 unspecified atom stereocenters. The molecule has 0 aromatic heterocycles. The molecular weight excluding hydrogens is 572 g/mol. The number of fused-ring (bicyclic) bond motifs is 1. The molecule has 3 heterocycles. The molecule has 3 amide bonds. The van der Waals surface area contributed by atoms with Gasteiger partial charge >= 0.3 is 10.4 Å². The third kappa shape index (κ3) is 8.41. The lowest BCUT2D eigenvalue weighted by Crippen LogP contribution is -2.55. The zero-order valence-corrected chi connectivity index (χ0v) is 25.6. The predicted octanol–water partition coefficient (Wildman–Crippen LogP) is 2.77. The number of hydrogen-bond acceptors (Lipinski definition) is 6. The smallest absolute Gasteiger partial charge is 0.344 e. The molecule has 12 heteroatoms. The number of likely N-dealkylation sites (tertiary alicyclic amines) is 1. The van der Waals surface area contributed by atoms with Gasteiger partial charge in [-0.25, -0.2) is 0 Å². The van der Waals surface area contributed by atoms with Gasteiger partial charge in [0, 0.05) is 31.4 Å². The lowest BCUT2D eigenvalue weighted by Gasteiger charge is -2.39. The molecule has 3 aliphatic rings. The third-order valence-electron chi connectivity index (χ3n) is 8.58. The summed E-state index contributed by atoms with van der Waals surface area (Å²) >= 11 is 0. The van der Waals surface area contributed by atoms with Gasteiger partial charge in [0.2, 0.25) is 17.7 Å². The van der Waals surface area contributed by atoms with Gasteiger partial charge in [-0.05, 0) is 76.1 Å². The van der Waals surface area contributed by atoms with Gasteiger partial charge in [0.1, 0.15) is 6.04 Å². The van der Waals surface area contributed by atoms with Crippen LogP contribution in [-0.4, -0.2) is 78.4 Å². The number of carbonyl (C=O) groups is 3. The largest absolute Gasteiger partial charge is 0.394 e. The third-order valence-corrected chi connectivity index (χ3v) is 8.58. The Morgan fingerprint density at radius 1 is 1.02 bits per heavy atom. The van der Waals surface area contributed by atoms with Crippen LogP contribution in [0.5, 0.6) is 0 Å². The zero-order chi connectivity index (χ0) is 31.2. The van der Waals surface area contributed by atoms with Gasteiger partial charge in [-0.2, -0.15) is 8.42 Å². The molecule has 234 valence electrons. The summed E-state index contributed by atoms with van der Waals surface area (Å²) in [5, 5.41) is 6.42. The second kappa shape index (κ2) is 14.0. The first-order valence-electron chi connectivity index (χ1n) is 14.8. The molecule has 0 aliphatic carbocycles. The maximum absolute atomic E-state index is 13.7. The standard InChI is InChI=1S/C31H40N4O3.H2O4S/c1-31(2)25-12-6-7-13-27(25)35(30(31)38)24-16-19-34(20-17-24)29(37)26(15-14-22-9-4-3-5-10-22)33-28(36)23-11-8-18-32-21-23;1-5(2,3)4/h3-7,9-10,12-13,23-24,26,32H,8,11,14-21H2,1-2H3,(H,33,36);(H2,1,2,3,4)/t23-,26+;/m1./s1. The summed E-state index contributed by atoms with van der Waals surface area (Å²) in [5.74, 6) is 0.00802. The minimum atomic E-state index is -4.67. The van der Waals surface area contributed by atoms with E-state index in [0.717, 1.165) is 55.5 Å². The molecule has 3 aliphatic heterocycles. The molecule has 5 rings (SSSR count). The second-order valence-electron chi connectivity index (χ2n) is 12.0. The van der Waals surface area contributed by atoms with Crippen molar-refractivity contribution in [2.45, 2.75) is 69.9 Å². The fourth-order valence-electron chi connectivity index (χ4n) is 6.24. The van der Waals surface area contributed by atoms with Crippen molar-refractivity contribution in [1.82, 2.24) is 15.5 Å². The maximum atomic E-state index is 13.7. The maximum Gasteiger partial charge on any atom is 0.394 e. The second-order valence-corrected chi connectivity index (χ2v) is 12.8. The molecular formula is C31H42N4O7S. The van der Waals surface area contributed by atoms with E-state index in [0.29, 0.717) is 26.1 Å². The summed E-state index contributed by atoms with van der Waals surface area (Å²) in [6.07, 6.45) is 4.59. The first-order chi connectivity index (χ1) is 20.4. The first kappa shape index (κ1) is 32.6. The number of hydrogen-bond donors (Lipinski definition) is 4. The first-order valence-corrected chi connectivity index (χ1v) is 16.2. The molecule has 11 nitrogen and oxygen atoms in total. The topological polar surface area (TPSA) is 156 Å². The number of carbonyl (C=O) groups excluding carboxylic acids is 3. The number of amides is 3. The number of nitrogens with zero attached hydrogens (tertiary/aromatic N) is 2. The van der Waals surface area contributed by atoms with Crippen LogP contribution >= 0.6 is 0 Å².